The van der Waals surface area contributed by atoms with Gasteiger partial charge in [0.05, 0.1) is 5.69 Å². The summed E-state index contributed by atoms with van der Waals surface area (Å²) >= 11 is 5.97. The van der Waals surface area contributed by atoms with Crippen LogP contribution in [0.2, 0.25) is 5.15 Å². The summed E-state index contributed by atoms with van der Waals surface area (Å²) in [6, 6.07) is 6.62. The molecule has 0 atom stereocenters. The van der Waals surface area contributed by atoms with Crippen molar-refractivity contribution < 1.29 is 4.39 Å². The van der Waals surface area contributed by atoms with Crippen LogP contribution in [0.4, 0.5) is 15.9 Å². The number of aryl methyl sites for hydroxylation is 1. The summed E-state index contributed by atoms with van der Waals surface area (Å²) in [5, 5.41) is 3.33. The van der Waals surface area contributed by atoms with Crippen LogP contribution < -0.4 is 5.32 Å². The van der Waals surface area contributed by atoms with Crippen LogP contribution in [0.5, 0.6) is 0 Å². The van der Waals surface area contributed by atoms with Gasteiger partial charge in [-0.25, -0.2) is 14.4 Å². The number of aromatic nitrogens is 2. The van der Waals surface area contributed by atoms with E-state index in [0.29, 0.717) is 22.6 Å². The Morgan fingerprint density at radius 1 is 1.26 bits per heavy atom. The van der Waals surface area contributed by atoms with Crippen molar-refractivity contribution in [1.82, 2.24) is 9.97 Å². The Hall–Kier alpha value is -1.68. The van der Waals surface area contributed by atoms with E-state index in [0.717, 1.165) is 24.2 Å². The molecule has 98 valence electrons. The molecule has 0 spiro atoms. The third-order valence-corrected chi connectivity index (χ3v) is 3.24. The second kappa shape index (κ2) is 4.78. The Morgan fingerprint density at radius 3 is 2.74 bits per heavy atom. The standard InChI is InChI=1S/C14H13ClFN3/c1-8-2-5-11(10(16)6-8)17-13-7-12(15)18-14(19-13)9-3-4-9/h2,5-7,9H,3-4H2,1H3,(H,17,18,19). The zero-order valence-corrected chi connectivity index (χ0v) is 11.2. The summed E-state index contributed by atoms with van der Waals surface area (Å²) in [5.74, 6) is 1.37. The largest absolute Gasteiger partial charge is 0.338 e. The maximum Gasteiger partial charge on any atom is 0.146 e. The van der Waals surface area contributed by atoms with Crippen LogP contribution in [0.15, 0.2) is 24.3 Å². The molecule has 0 unspecified atom stereocenters. The van der Waals surface area contributed by atoms with E-state index in [1.807, 2.05) is 13.0 Å². The summed E-state index contributed by atoms with van der Waals surface area (Å²) < 4.78 is 13.8. The Balaban J connectivity index is 1.89. The zero-order valence-electron chi connectivity index (χ0n) is 10.5. The normalized spacial score (nSPS) is 14.5. The van der Waals surface area contributed by atoms with Crippen molar-refractivity contribution in [3.63, 3.8) is 0 Å². The molecule has 2 aromatic rings. The van der Waals surface area contributed by atoms with Crippen LogP contribution in [0.3, 0.4) is 0 Å². The molecule has 1 aliphatic carbocycles. The van der Waals surface area contributed by atoms with Gasteiger partial charge in [0.15, 0.2) is 0 Å². The van der Waals surface area contributed by atoms with Crippen molar-refractivity contribution in [2.75, 3.05) is 5.32 Å². The second-order valence-corrected chi connectivity index (χ2v) is 5.20. The molecule has 3 rings (SSSR count). The average Bonchev–Trinajstić information content (AvgIpc) is 3.16. The number of rotatable bonds is 3. The van der Waals surface area contributed by atoms with Crippen LogP contribution >= 0.6 is 11.6 Å². The van der Waals surface area contributed by atoms with Gasteiger partial charge in [-0.05, 0) is 37.5 Å². The van der Waals surface area contributed by atoms with Gasteiger partial charge < -0.3 is 5.32 Å². The maximum atomic E-state index is 13.8. The van der Waals surface area contributed by atoms with Gasteiger partial charge in [-0.15, -0.1) is 0 Å². The number of nitrogens with zero attached hydrogens (tertiary/aromatic N) is 2. The minimum atomic E-state index is -0.303. The van der Waals surface area contributed by atoms with Gasteiger partial charge in [0.25, 0.3) is 0 Å². The zero-order chi connectivity index (χ0) is 13.4. The molecule has 1 N–H and O–H groups in total. The van der Waals surface area contributed by atoms with Crippen molar-refractivity contribution in [3.05, 3.63) is 46.6 Å². The van der Waals surface area contributed by atoms with E-state index >= 15 is 0 Å². The van der Waals surface area contributed by atoms with E-state index < -0.39 is 0 Å². The van der Waals surface area contributed by atoms with Crippen LogP contribution in [0.25, 0.3) is 0 Å². The summed E-state index contributed by atoms with van der Waals surface area (Å²) in [6.45, 7) is 1.85. The lowest BCUT2D eigenvalue weighted by Gasteiger charge is -2.09. The number of benzene rings is 1. The Morgan fingerprint density at radius 2 is 2.05 bits per heavy atom. The van der Waals surface area contributed by atoms with Crippen molar-refractivity contribution in [2.24, 2.45) is 0 Å². The molecule has 1 saturated carbocycles. The molecule has 1 aliphatic rings. The predicted molar refractivity (Wildman–Crippen MR) is 73.4 cm³/mol. The van der Waals surface area contributed by atoms with Crippen molar-refractivity contribution in [3.8, 4) is 0 Å². The minimum absolute atomic E-state index is 0.303. The summed E-state index contributed by atoms with van der Waals surface area (Å²) in [4.78, 5) is 8.58. The molecule has 19 heavy (non-hydrogen) atoms. The third-order valence-electron chi connectivity index (χ3n) is 3.04. The first-order valence-electron chi connectivity index (χ1n) is 6.19. The van der Waals surface area contributed by atoms with E-state index in [1.165, 1.54) is 6.07 Å². The molecule has 1 fully saturated rings. The van der Waals surface area contributed by atoms with Crippen LogP contribution in [0.1, 0.15) is 30.1 Å². The molecule has 3 nitrogen and oxygen atoms in total. The van der Waals surface area contributed by atoms with Gasteiger partial charge in [-0.2, -0.15) is 0 Å². The van der Waals surface area contributed by atoms with Crippen molar-refractivity contribution in [1.29, 1.82) is 0 Å². The monoisotopic (exact) mass is 277 g/mol. The molecular weight excluding hydrogens is 265 g/mol. The molecule has 1 heterocycles. The van der Waals surface area contributed by atoms with Crippen LogP contribution in [-0.4, -0.2) is 9.97 Å². The topological polar surface area (TPSA) is 37.8 Å². The number of anilines is 2. The highest BCUT2D eigenvalue weighted by Crippen LogP contribution is 2.39. The van der Waals surface area contributed by atoms with E-state index in [1.54, 1.807) is 12.1 Å². The lowest BCUT2D eigenvalue weighted by atomic mass is 10.2. The molecule has 0 amide bonds. The second-order valence-electron chi connectivity index (χ2n) is 4.82. The fraction of sp³-hybridized carbons (Fsp3) is 0.286. The van der Waals surface area contributed by atoms with Crippen LogP contribution in [-0.2, 0) is 0 Å². The first kappa shape index (κ1) is 12.4. The first-order chi connectivity index (χ1) is 9.11. The molecule has 0 saturated heterocycles. The lowest BCUT2D eigenvalue weighted by Crippen LogP contribution is -2.01. The molecule has 0 aliphatic heterocycles. The minimum Gasteiger partial charge on any atom is -0.338 e. The highest BCUT2D eigenvalue weighted by molar-refractivity contribution is 6.29. The Bertz CT molecular complexity index is 626. The average molecular weight is 278 g/mol. The number of nitrogens with one attached hydrogen (secondary N) is 1. The summed E-state index contributed by atoms with van der Waals surface area (Å²) in [7, 11) is 0. The Labute approximate surface area is 115 Å². The van der Waals surface area contributed by atoms with Gasteiger partial charge >= 0.3 is 0 Å². The van der Waals surface area contributed by atoms with Crippen LogP contribution in [0, 0.1) is 12.7 Å². The molecular formula is C14H13ClFN3. The van der Waals surface area contributed by atoms with Crippen molar-refractivity contribution >= 4 is 23.1 Å². The molecule has 1 aromatic heterocycles. The van der Waals surface area contributed by atoms with E-state index in [-0.39, 0.29) is 5.82 Å². The molecule has 1 aromatic carbocycles. The molecule has 0 bridgehead atoms. The SMILES string of the molecule is Cc1ccc(Nc2cc(Cl)nc(C3CC3)n2)c(F)c1. The summed E-state index contributed by atoms with van der Waals surface area (Å²) in [5.41, 5.74) is 1.27. The molecule has 5 heteroatoms. The summed E-state index contributed by atoms with van der Waals surface area (Å²) in [6.07, 6.45) is 2.19. The highest BCUT2D eigenvalue weighted by Gasteiger charge is 2.27. The lowest BCUT2D eigenvalue weighted by molar-refractivity contribution is 0.630. The predicted octanol–water partition coefficient (Wildman–Crippen LogP) is 4.20. The third kappa shape index (κ3) is 2.84. The number of hydrogen-bond acceptors (Lipinski definition) is 3. The fourth-order valence-corrected chi connectivity index (χ4v) is 2.07. The number of hydrogen-bond donors (Lipinski definition) is 1. The quantitative estimate of drug-likeness (QED) is 0.855. The van der Waals surface area contributed by atoms with Crippen molar-refractivity contribution in [2.45, 2.75) is 25.7 Å². The Kier molecular flexibility index (Phi) is 3.11. The maximum absolute atomic E-state index is 13.8. The van der Waals surface area contributed by atoms with E-state index in [4.69, 9.17) is 11.6 Å². The molecule has 0 radical (unpaired) electrons. The van der Waals surface area contributed by atoms with Gasteiger partial charge in [0.1, 0.15) is 22.6 Å². The van der Waals surface area contributed by atoms with Gasteiger partial charge in [0.2, 0.25) is 0 Å². The van der Waals surface area contributed by atoms with E-state index in [2.05, 4.69) is 15.3 Å². The van der Waals surface area contributed by atoms with Gasteiger partial charge in [-0.3, -0.25) is 0 Å². The van der Waals surface area contributed by atoms with Gasteiger partial charge in [0, 0.05) is 12.0 Å². The van der Waals surface area contributed by atoms with Gasteiger partial charge in [-0.1, -0.05) is 17.7 Å². The highest BCUT2D eigenvalue weighted by atomic mass is 35.5. The smallest absolute Gasteiger partial charge is 0.146 e. The first-order valence-corrected chi connectivity index (χ1v) is 6.57. The van der Waals surface area contributed by atoms with E-state index in [9.17, 15) is 4.39 Å². The fourth-order valence-electron chi connectivity index (χ4n) is 1.88. The number of halogens is 2.